The third kappa shape index (κ3) is 4.91. The molecule has 1 atom stereocenters. The number of hydrogen-bond donors (Lipinski definition) is 2. The lowest BCUT2D eigenvalue weighted by molar-refractivity contribution is 0.800. The fourth-order valence-electron chi connectivity index (χ4n) is 8.27. The first-order valence-electron chi connectivity index (χ1n) is 18.8. The summed E-state index contributed by atoms with van der Waals surface area (Å²) < 4.78 is 8.10. The lowest BCUT2D eigenvalue weighted by atomic mass is 9.90. The van der Waals surface area contributed by atoms with E-state index in [1.54, 1.807) is 12.4 Å². The summed E-state index contributed by atoms with van der Waals surface area (Å²) in [6, 6.07) is 28.5. The molecule has 8 aromatic heterocycles. The van der Waals surface area contributed by atoms with Crippen LogP contribution in [0.5, 0.6) is 0 Å². The molecule has 276 valence electrons. The Bertz CT molecular complexity index is 3390. The molecule has 1 aliphatic rings. The van der Waals surface area contributed by atoms with E-state index >= 15 is 0 Å². The predicted molar refractivity (Wildman–Crippen MR) is 223 cm³/mol. The average molecular weight is 755 g/mol. The maximum Gasteiger partial charge on any atom is 0.240 e. The Morgan fingerprint density at radius 1 is 0.586 bits per heavy atom. The van der Waals surface area contributed by atoms with E-state index in [0.29, 0.717) is 23.2 Å². The minimum atomic E-state index is 0.159. The van der Waals surface area contributed by atoms with Crippen LogP contribution in [-0.2, 0) is 0 Å². The van der Waals surface area contributed by atoms with Gasteiger partial charge in [-0.3, -0.25) is 19.1 Å². The van der Waals surface area contributed by atoms with E-state index in [1.807, 2.05) is 88.7 Å². The summed E-state index contributed by atoms with van der Waals surface area (Å²) in [4.78, 5) is 37.7. The molecular weight excluding hydrogens is 725 g/mol. The van der Waals surface area contributed by atoms with Gasteiger partial charge in [0.25, 0.3) is 0 Å². The van der Waals surface area contributed by atoms with Crippen LogP contribution in [0.25, 0.3) is 67.2 Å². The van der Waals surface area contributed by atoms with Crippen molar-refractivity contribution in [2.75, 3.05) is 10.6 Å². The smallest absolute Gasteiger partial charge is 0.240 e. The molecule has 0 fully saturated rings. The molecule has 0 saturated heterocycles. The van der Waals surface area contributed by atoms with Crippen LogP contribution in [0.15, 0.2) is 159 Å². The third-order valence-electron chi connectivity index (χ3n) is 10.9. The normalized spacial score (nSPS) is 14.3. The fourth-order valence-corrected chi connectivity index (χ4v) is 8.27. The van der Waals surface area contributed by atoms with Crippen molar-refractivity contribution in [2.45, 2.75) is 12.3 Å². The van der Waals surface area contributed by atoms with Gasteiger partial charge in [0.1, 0.15) is 24.8 Å². The van der Waals surface area contributed by atoms with E-state index < -0.39 is 0 Å². The quantitative estimate of drug-likeness (QED) is 0.155. The predicted octanol–water partition coefficient (Wildman–Crippen LogP) is 8.31. The molecule has 2 N–H and O–H groups in total. The average Bonchev–Trinajstić information content (AvgIpc) is 4.11. The Morgan fingerprint density at radius 2 is 1.22 bits per heavy atom. The molecular formula is C44H30N14. The highest BCUT2D eigenvalue weighted by molar-refractivity contribution is 6.08. The Balaban J connectivity index is 1.01. The number of rotatable bonds is 8. The number of fused-ring (bicyclic) bond motifs is 2. The van der Waals surface area contributed by atoms with Crippen LogP contribution in [0.2, 0.25) is 0 Å². The summed E-state index contributed by atoms with van der Waals surface area (Å²) in [7, 11) is 0. The second kappa shape index (κ2) is 12.6. The van der Waals surface area contributed by atoms with Crippen molar-refractivity contribution >= 4 is 67.1 Å². The molecule has 0 spiro atoms. The highest BCUT2D eigenvalue weighted by atomic mass is 15.3. The number of nitrogens with one attached hydrogen (secondary N) is 2. The zero-order chi connectivity index (χ0) is 38.2. The van der Waals surface area contributed by atoms with Gasteiger partial charge in [0.15, 0.2) is 11.6 Å². The lowest BCUT2D eigenvalue weighted by Gasteiger charge is -2.24. The van der Waals surface area contributed by atoms with Gasteiger partial charge in [0.2, 0.25) is 11.6 Å². The van der Waals surface area contributed by atoms with Crippen molar-refractivity contribution in [3.8, 4) is 17.3 Å². The van der Waals surface area contributed by atoms with Crippen LogP contribution in [-0.4, -0.2) is 58.0 Å². The first-order valence-corrected chi connectivity index (χ1v) is 18.8. The van der Waals surface area contributed by atoms with Crippen molar-refractivity contribution in [3.63, 3.8) is 0 Å². The number of allylic oxidation sites excluding steroid dienone is 4. The van der Waals surface area contributed by atoms with E-state index in [-0.39, 0.29) is 5.92 Å². The van der Waals surface area contributed by atoms with Gasteiger partial charge in [-0.1, -0.05) is 24.3 Å². The van der Waals surface area contributed by atoms with Crippen LogP contribution in [0.4, 0.5) is 17.2 Å². The van der Waals surface area contributed by atoms with Crippen LogP contribution < -0.4 is 10.6 Å². The van der Waals surface area contributed by atoms with Gasteiger partial charge < -0.3 is 15.2 Å². The van der Waals surface area contributed by atoms with Crippen molar-refractivity contribution in [3.05, 3.63) is 164 Å². The lowest BCUT2D eigenvalue weighted by Crippen LogP contribution is -2.13. The van der Waals surface area contributed by atoms with Crippen molar-refractivity contribution in [1.29, 1.82) is 0 Å². The topological polar surface area (TPSA) is 146 Å². The van der Waals surface area contributed by atoms with Crippen LogP contribution in [0.3, 0.4) is 0 Å². The standard InChI is InChI=1S/C44H30N14/c1-2-7-32(29(6-1)27-15-19-45-20-16-27)51-35-10-3-8-33-39(35)56(25-49-33)41-30-13-14-31-38(30)58-43(53-41)47-24-48-44(58)54-42(31)57-26-50-34-9-4-11-36(40(34)57)52-37-12-5-23-55(37)28-17-21-46-22-18-28/h1-5,7-26,29,51-52H,6H2. The molecule has 0 radical (unpaired) electrons. The van der Waals surface area contributed by atoms with Crippen LogP contribution >= 0.6 is 0 Å². The molecule has 12 rings (SSSR count). The zero-order valence-corrected chi connectivity index (χ0v) is 30.6. The Kier molecular flexibility index (Phi) is 6.98. The summed E-state index contributed by atoms with van der Waals surface area (Å²) in [5.74, 6) is 3.38. The van der Waals surface area contributed by atoms with Gasteiger partial charge in [-0.15, -0.1) is 0 Å². The van der Waals surface area contributed by atoms with Crippen molar-refractivity contribution in [1.82, 2.24) is 58.0 Å². The third-order valence-corrected chi connectivity index (χ3v) is 10.9. The van der Waals surface area contributed by atoms with Gasteiger partial charge in [-0.25, -0.2) is 24.3 Å². The fraction of sp³-hybridized carbons (Fsp3) is 0.0455. The first-order chi connectivity index (χ1) is 28.8. The minimum Gasteiger partial charge on any atom is -0.357 e. The molecule has 1 unspecified atom stereocenters. The molecule has 11 aromatic rings. The molecule has 8 heterocycles. The number of para-hydroxylation sites is 2. The van der Waals surface area contributed by atoms with E-state index in [1.165, 1.54) is 11.9 Å². The summed E-state index contributed by atoms with van der Waals surface area (Å²) in [5.41, 5.74) is 9.41. The number of aromatic nitrogens is 12. The van der Waals surface area contributed by atoms with Crippen LogP contribution in [0, 0.1) is 0 Å². The summed E-state index contributed by atoms with van der Waals surface area (Å²) >= 11 is 0. The highest BCUT2D eigenvalue weighted by Crippen LogP contribution is 2.38. The first kappa shape index (κ1) is 32.0. The van der Waals surface area contributed by atoms with Crippen molar-refractivity contribution < 1.29 is 0 Å². The SMILES string of the molecule is C1=CCC(c2ccncc2)C(Nc2cccc3ncn(-c4nc5ncnc6nc(-n7cnc8cccc(Nc9cccn9-c9ccncc9)c87)c7ccc4c7n56)c23)=C1. The molecule has 58 heavy (non-hydrogen) atoms. The summed E-state index contributed by atoms with van der Waals surface area (Å²) in [6.07, 6.45) is 21.8. The van der Waals surface area contributed by atoms with E-state index in [9.17, 15) is 0 Å². The summed E-state index contributed by atoms with van der Waals surface area (Å²) in [6.45, 7) is 0. The largest absolute Gasteiger partial charge is 0.357 e. The molecule has 0 aliphatic heterocycles. The van der Waals surface area contributed by atoms with E-state index in [0.717, 1.165) is 73.4 Å². The maximum atomic E-state index is 5.15. The maximum absolute atomic E-state index is 5.15. The molecule has 0 amide bonds. The highest BCUT2D eigenvalue weighted by Gasteiger charge is 2.25. The molecule has 14 nitrogen and oxygen atoms in total. The Morgan fingerprint density at radius 3 is 1.90 bits per heavy atom. The Labute approximate surface area is 328 Å². The number of hydrogen-bond acceptors (Lipinski definition) is 10. The van der Waals surface area contributed by atoms with Gasteiger partial charge in [0.05, 0.1) is 39.0 Å². The van der Waals surface area contributed by atoms with Crippen molar-refractivity contribution in [2.24, 2.45) is 0 Å². The minimum absolute atomic E-state index is 0.159. The van der Waals surface area contributed by atoms with Crippen LogP contribution in [0.1, 0.15) is 17.9 Å². The second-order valence-corrected chi connectivity index (χ2v) is 14.1. The Hall–Kier alpha value is -8.26. The molecule has 0 saturated carbocycles. The second-order valence-electron chi connectivity index (χ2n) is 14.1. The van der Waals surface area contributed by atoms with Gasteiger partial charge in [-0.05, 0) is 90.9 Å². The number of imidazole rings is 2. The van der Waals surface area contributed by atoms with Gasteiger partial charge >= 0.3 is 0 Å². The number of anilines is 3. The number of nitrogens with zero attached hydrogens (tertiary/aromatic N) is 12. The molecule has 14 heteroatoms. The molecule has 3 aromatic carbocycles. The van der Waals surface area contributed by atoms with Gasteiger partial charge in [0, 0.05) is 59.1 Å². The number of benzene rings is 2. The zero-order valence-electron chi connectivity index (χ0n) is 30.6. The number of pyridine rings is 2. The van der Waals surface area contributed by atoms with E-state index in [2.05, 4.69) is 94.3 Å². The molecule has 1 aliphatic carbocycles. The molecule has 0 bridgehead atoms. The van der Waals surface area contributed by atoms with Gasteiger partial charge in [-0.2, -0.15) is 9.97 Å². The monoisotopic (exact) mass is 754 g/mol. The van der Waals surface area contributed by atoms with E-state index in [4.69, 9.17) is 19.9 Å². The summed E-state index contributed by atoms with van der Waals surface area (Å²) in [5, 5.41) is 9.25.